The van der Waals surface area contributed by atoms with Crippen LogP contribution in [0.4, 0.5) is 10.5 Å². The van der Waals surface area contributed by atoms with Crippen LogP contribution in [0.2, 0.25) is 0 Å². The molecule has 0 aromatic heterocycles. The van der Waals surface area contributed by atoms with Crippen LogP contribution in [-0.4, -0.2) is 13.2 Å². The number of halogens is 1. The lowest BCUT2D eigenvalue weighted by atomic mass is 10.3. The molecule has 0 fully saturated rings. The van der Waals surface area contributed by atoms with Crippen molar-refractivity contribution in [1.82, 2.24) is 0 Å². The minimum Gasteiger partial charge on any atom is -0.453 e. The molecule has 1 aromatic rings. The molecule has 76 valence electrons. The smallest absolute Gasteiger partial charge is 0.411 e. The highest BCUT2D eigenvalue weighted by Gasteiger charge is 2.00. The Bertz CT molecular complexity index is 305. The molecule has 14 heavy (non-hydrogen) atoms. The van der Waals surface area contributed by atoms with Gasteiger partial charge in [0.1, 0.15) is 0 Å². The molecule has 0 saturated heterocycles. The highest BCUT2D eigenvalue weighted by Crippen LogP contribution is 2.35. The molecule has 0 saturated carbocycles. The van der Waals surface area contributed by atoms with Crippen molar-refractivity contribution in [3.05, 3.63) is 24.3 Å². The Labute approximate surface area is 97.6 Å². The van der Waals surface area contributed by atoms with Crippen molar-refractivity contribution in [2.24, 2.45) is 0 Å². The molecule has 1 amide bonds. The van der Waals surface area contributed by atoms with E-state index in [1.165, 1.54) is 16.3 Å². The highest BCUT2D eigenvalue weighted by molar-refractivity contribution is 9.60. The van der Waals surface area contributed by atoms with Crippen LogP contribution < -0.4 is 5.32 Å². The summed E-state index contributed by atoms with van der Waals surface area (Å²) in [6.07, 6.45) is -0.458. The predicted molar refractivity (Wildman–Crippen MR) is 64.8 cm³/mol. The summed E-state index contributed by atoms with van der Waals surface area (Å²) in [6, 6.07) is 7.49. The third kappa shape index (κ3) is 3.81. The Kier molecular flexibility index (Phi) is 5.21. The van der Waals surface area contributed by atoms with Crippen molar-refractivity contribution >= 4 is 46.6 Å². The fraction of sp³-hybridized carbons (Fsp3) is 0.125. The molecular formula is C8H8BrNO2S2. The van der Waals surface area contributed by atoms with Crippen LogP contribution in [0.1, 0.15) is 0 Å². The van der Waals surface area contributed by atoms with Crippen LogP contribution in [0.25, 0.3) is 0 Å². The molecule has 0 spiro atoms. The zero-order chi connectivity index (χ0) is 10.4. The molecule has 1 rings (SSSR count). The molecule has 1 N–H and O–H groups in total. The number of hydrogen-bond acceptors (Lipinski definition) is 4. The second-order valence-electron chi connectivity index (χ2n) is 2.29. The quantitative estimate of drug-likeness (QED) is 0.858. The van der Waals surface area contributed by atoms with Gasteiger partial charge in [-0.15, -0.1) is 0 Å². The molecule has 0 heterocycles. The third-order valence-electron chi connectivity index (χ3n) is 1.41. The molecule has 0 aliphatic carbocycles. The summed E-state index contributed by atoms with van der Waals surface area (Å²) >= 11 is 3.25. The van der Waals surface area contributed by atoms with Gasteiger partial charge in [-0.3, -0.25) is 5.32 Å². The summed E-state index contributed by atoms with van der Waals surface area (Å²) in [6.45, 7) is 0. The maximum atomic E-state index is 10.8. The number of hydrogen-bond donors (Lipinski definition) is 1. The van der Waals surface area contributed by atoms with Gasteiger partial charge in [-0.05, 0) is 44.3 Å². The number of rotatable bonds is 3. The van der Waals surface area contributed by atoms with Crippen molar-refractivity contribution in [3.8, 4) is 0 Å². The van der Waals surface area contributed by atoms with Gasteiger partial charge in [0.05, 0.1) is 7.11 Å². The van der Waals surface area contributed by atoms with Crippen LogP contribution in [-0.2, 0) is 4.74 Å². The van der Waals surface area contributed by atoms with Crippen LogP contribution in [0.3, 0.4) is 0 Å². The van der Waals surface area contributed by atoms with Gasteiger partial charge in [-0.1, -0.05) is 0 Å². The molecule has 0 unspecified atom stereocenters. The van der Waals surface area contributed by atoms with Crippen LogP contribution >= 0.6 is 34.8 Å². The topological polar surface area (TPSA) is 38.3 Å². The van der Waals surface area contributed by atoms with E-state index in [2.05, 4.69) is 24.9 Å². The Morgan fingerprint density at radius 1 is 1.43 bits per heavy atom. The molecular weight excluding hydrogens is 286 g/mol. The monoisotopic (exact) mass is 293 g/mol. The first-order chi connectivity index (χ1) is 6.76. The van der Waals surface area contributed by atoms with E-state index in [1.54, 1.807) is 10.8 Å². The number of anilines is 1. The first-order valence-electron chi connectivity index (χ1n) is 3.66. The molecule has 0 aliphatic heterocycles. The van der Waals surface area contributed by atoms with E-state index in [4.69, 9.17) is 0 Å². The normalized spacial score (nSPS) is 9.57. The average molecular weight is 294 g/mol. The minimum atomic E-state index is -0.458. The Morgan fingerprint density at radius 2 is 2.07 bits per heavy atom. The first kappa shape index (κ1) is 11.7. The fourth-order valence-electron chi connectivity index (χ4n) is 0.799. The Balaban J connectivity index is 2.59. The van der Waals surface area contributed by atoms with Crippen LogP contribution in [0.5, 0.6) is 0 Å². The molecule has 6 heteroatoms. The number of nitrogens with one attached hydrogen (secondary N) is 1. The van der Waals surface area contributed by atoms with Gasteiger partial charge in [0.15, 0.2) is 0 Å². The van der Waals surface area contributed by atoms with E-state index in [0.29, 0.717) is 0 Å². The Hall–Kier alpha value is -0.330. The van der Waals surface area contributed by atoms with Gasteiger partial charge < -0.3 is 4.74 Å². The summed E-state index contributed by atoms with van der Waals surface area (Å²) in [5, 5.41) is 2.57. The molecule has 3 nitrogen and oxygen atoms in total. The van der Waals surface area contributed by atoms with E-state index < -0.39 is 6.09 Å². The van der Waals surface area contributed by atoms with E-state index in [0.717, 1.165) is 10.6 Å². The van der Waals surface area contributed by atoms with Gasteiger partial charge in [0.2, 0.25) is 0 Å². The predicted octanol–water partition coefficient (Wildman–Crippen LogP) is 3.92. The van der Waals surface area contributed by atoms with Crippen molar-refractivity contribution in [1.29, 1.82) is 0 Å². The van der Waals surface area contributed by atoms with E-state index in [1.807, 2.05) is 24.3 Å². The average Bonchev–Trinajstić information content (AvgIpc) is 2.21. The van der Waals surface area contributed by atoms with Crippen LogP contribution in [0.15, 0.2) is 29.2 Å². The van der Waals surface area contributed by atoms with Crippen molar-refractivity contribution in [2.45, 2.75) is 4.90 Å². The van der Waals surface area contributed by atoms with Gasteiger partial charge in [0.25, 0.3) is 0 Å². The zero-order valence-electron chi connectivity index (χ0n) is 7.32. The zero-order valence-corrected chi connectivity index (χ0v) is 10.5. The van der Waals surface area contributed by atoms with Gasteiger partial charge in [0, 0.05) is 25.4 Å². The van der Waals surface area contributed by atoms with Crippen molar-refractivity contribution < 1.29 is 9.53 Å². The fourth-order valence-corrected chi connectivity index (χ4v) is 3.04. The summed E-state index contributed by atoms with van der Waals surface area (Å²) in [5.74, 6) is 0. The van der Waals surface area contributed by atoms with E-state index >= 15 is 0 Å². The third-order valence-corrected chi connectivity index (χ3v) is 3.90. The summed E-state index contributed by atoms with van der Waals surface area (Å²) < 4.78 is 4.47. The number of carbonyl (C=O) groups excluding carboxylic acids is 1. The number of carbonyl (C=O) groups is 1. The molecule has 0 radical (unpaired) electrons. The molecule has 0 atom stereocenters. The standard InChI is InChI=1S/C8H8BrNO2S2/c1-12-8(11)10-6-2-4-7(5-3-6)13-14-9/h2-5H,1H3,(H,10,11). The van der Waals surface area contributed by atoms with Crippen molar-refractivity contribution in [2.75, 3.05) is 12.4 Å². The van der Waals surface area contributed by atoms with Crippen molar-refractivity contribution in [3.63, 3.8) is 0 Å². The molecule has 0 aliphatic rings. The first-order valence-corrected chi connectivity index (χ1v) is 7.66. The second kappa shape index (κ2) is 6.21. The highest BCUT2D eigenvalue weighted by atomic mass is 79.9. The minimum absolute atomic E-state index is 0.458. The maximum absolute atomic E-state index is 10.8. The van der Waals surface area contributed by atoms with E-state index in [-0.39, 0.29) is 0 Å². The lowest BCUT2D eigenvalue weighted by Crippen LogP contribution is -2.10. The van der Waals surface area contributed by atoms with Gasteiger partial charge in [-0.25, -0.2) is 4.79 Å². The number of benzene rings is 1. The SMILES string of the molecule is COC(=O)Nc1ccc(SSBr)cc1. The summed E-state index contributed by atoms with van der Waals surface area (Å²) in [4.78, 5) is 12.0. The summed E-state index contributed by atoms with van der Waals surface area (Å²) in [5.41, 5.74) is 0.723. The van der Waals surface area contributed by atoms with Crippen LogP contribution in [0, 0.1) is 0 Å². The van der Waals surface area contributed by atoms with E-state index in [9.17, 15) is 4.79 Å². The largest absolute Gasteiger partial charge is 0.453 e. The Morgan fingerprint density at radius 3 is 2.57 bits per heavy atom. The van der Waals surface area contributed by atoms with Gasteiger partial charge in [-0.2, -0.15) is 0 Å². The lowest BCUT2D eigenvalue weighted by molar-refractivity contribution is 0.187. The second-order valence-corrected chi connectivity index (χ2v) is 6.31. The molecule has 1 aromatic carbocycles. The lowest BCUT2D eigenvalue weighted by Gasteiger charge is -2.03. The maximum Gasteiger partial charge on any atom is 0.411 e. The molecule has 0 bridgehead atoms. The summed E-state index contributed by atoms with van der Waals surface area (Å²) in [7, 11) is 4.43. The van der Waals surface area contributed by atoms with Gasteiger partial charge >= 0.3 is 6.09 Å². The number of amides is 1. The number of ether oxygens (including phenoxy) is 1. The number of methoxy groups -OCH3 is 1.